The molecule has 2 nitrogen and oxygen atoms in total. The molecule has 0 unspecified atom stereocenters. The van der Waals surface area contributed by atoms with Crippen LogP contribution in [0.3, 0.4) is 0 Å². The first-order chi connectivity index (χ1) is 6.66. The van der Waals surface area contributed by atoms with Crippen molar-refractivity contribution >= 4 is 0 Å². The highest BCUT2D eigenvalue weighted by Gasteiger charge is 2.12. The van der Waals surface area contributed by atoms with Gasteiger partial charge in [-0.05, 0) is 37.9 Å². The van der Waals surface area contributed by atoms with Gasteiger partial charge < -0.3 is 10.8 Å². The van der Waals surface area contributed by atoms with E-state index in [1.165, 1.54) is 0 Å². The second kappa shape index (κ2) is 4.91. The van der Waals surface area contributed by atoms with Crippen molar-refractivity contribution in [3.8, 4) is 5.75 Å². The van der Waals surface area contributed by atoms with E-state index in [1.54, 1.807) is 0 Å². The average Bonchev–Trinajstić information content (AvgIpc) is 2.18. The number of halogens is 2. The molecule has 14 heavy (non-hydrogen) atoms. The predicted octanol–water partition coefficient (Wildman–Crippen LogP) is 1.95. The zero-order chi connectivity index (χ0) is 10.6. The summed E-state index contributed by atoms with van der Waals surface area (Å²) in [6.07, 6.45) is 1.60. The number of rotatable bonds is 4. The van der Waals surface area contributed by atoms with Crippen molar-refractivity contribution in [3.05, 3.63) is 29.3 Å². The van der Waals surface area contributed by atoms with E-state index in [4.69, 9.17) is 10.8 Å². The van der Waals surface area contributed by atoms with Crippen LogP contribution in [-0.4, -0.2) is 11.7 Å². The van der Waals surface area contributed by atoms with Crippen LogP contribution in [0, 0.1) is 11.6 Å². The maximum atomic E-state index is 13.2. The van der Waals surface area contributed by atoms with Crippen molar-refractivity contribution in [3.63, 3.8) is 0 Å². The number of phenolic OH excluding ortho intramolecular Hbond substituents is 1. The summed E-state index contributed by atoms with van der Waals surface area (Å²) in [4.78, 5) is 0. The third-order valence-electron chi connectivity index (χ3n) is 2.05. The molecule has 0 atom stereocenters. The third-order valence-corrected chi connectivity index (χ3v) is 2.05. The highest BCUT2D eigenvalue weighted by atomic mass is 19.1. The number of hydrogen-bond donors (Lipinski definition) is 2. The summed E-state index contributed by atoms with van der Waals surface area (Å²) in [7, 11) is 0. The minimum Gasteiger partial charge on any atom is -0.505 e. The van der Waals surface area contributed by atoms with Gasteiger partial charge in [0.15, 0.2) is 11.6 Å². The van der Waals surface area contributed by atoms with Crippen LogP contribution in [0.15, 0.2) is 12.1 Å². The monoisotopic (exact) mass is 201 g/mol. The lowest BCUT2D eigenvalue weighted by atomic mass is 10.1. The SMILES string of the molecule is NCCCCc1c(F)ccc(O)c1F. The lowest BCUT2D eigenvalue weighted by molar-refractivity contribution is 0.421. The van der Waals surface area contributed by atoms with E-state index in [1.807, 2.05) is 0 Å². The zero-order valence-electron chi connectivity index (χ0n) is 7.76. The summed E-state index contributed by atoms with van der Waals surface area (Å²) in [5.41, 5.74) is 5.20. The number of phenols is 1. The topological polar surface area (TPSA) is 46.2 Å². The normalized spacial score (nSPS) is 10.5. The van der Waals surface area contributed by atoms with Crippen LogP contribution < -0.4 is 5.73 Å². The molecule has 0 saturated heterocycles. The van der Waals surface area contributed by atoms with Crippen molar-refractivity contribution in [1.29, 1.82) is 0 Å². The second-order valence-electron chi connectivity index (χ2n) is 3.10. The molecule has 0 bridgehead atoms. The van der Waals surface area contributed by atoms with Crippen LogP contribution in [0.4, 0.5) is 8.78 Å². The third kappa shape index (κ3) is 2.42. The summed E-state index contributed by atoms with van der Waals surface area (Å²) in [5.74, 6) is -1.98. The minimum absolute atomic E-state index is 0.0570. The Bertz CT molecular complexity index is 315. The Morgan fingerprint density at radius 2 is 1.93 bits per heavy atom. The molecule has 0 radical (unpaired) electrons. The fraction of sp³-hybridized carbons (Fsp3) is 0.400. The number of unbranched alkanes of at least 4 members (excludes halogenated alkanes) is 1. The van der Waals surface area contributed by atoms with E-state index in [2.05, 4.69) is 0 Å². The first-order valence-corrected chi connectivity index (χ1v) is 4.52. The van der Waals surface area contributed by atoms with Crippen LogP contribution in [0.1, 0.15) is 18.4 Å². The van der Waals surface area contributed by atoms with Gasteiger partial charge in [-0.25, -0.2) is 8.78 Å². The van der Waals surface area contributed by atoms with Gasteiger partial charge in [0, 0.05) is 5.56 Å². The van der Waals surface area contributed by atoms with E-state index < -0.39 is 17.4 Å². The minimum atomic E-state index is -0.859. The van der Waals surface area contributed by atoms with E-state index in [9.17, 15) is 8.78 Å². The predicted molar refractivity (Wildman–Crippen MR) is 50.0 cm³/mol. The van der Waals surface area contributed by atoms with Crippen molar-refractivity contribution in [2.24, 2.45) is 5.73 Å². The van der Waals surface area contributed by atoms with E-state index in [0.29, 0.717) is 19.4 Å². The Labute approximate surface area is 81.4 Å². The Morgan fingerprint density at radius 1 is 1.21 bits per heavy atom. The van der Waals surface area contributed by atoms with Gasteiger partial charge in [-0.2, -0.15) is 0 Å². The first kappa shape index (κ1) is 10.9. The van der Waals surface area contributed by atoms with Crippen molar-refractivity contribution in [2.75, 3.05) is 6.54 Å². The summed E-state index contributed by atoms with van der Waals surface area (Å²) in [6.45, 7) is 0.502. The van der Waals surface area contributed by atoms with Gasteiger partial charge in [0.25, 0.3) is 0 Å². The average molecular weight is 201 g/mol. The summed E-state index contributed by atoms with van der Waals surface area (Å²) in [6, 6.07) is 2.08. The van der Waals surface area contributed by atoms with Crippen molar-refractivity contribution < 1.29 is 13.9 Å². The lowest BCUT2D eigenvalue weighted by Gasteiger charge is -2.05. The lowest BCUT2D eigenvalue weighted by Crippen LogP contribution is -2.01. The molecule has 0 spiro atoms. The molecule has 0 heterocycles. The molecule has 0 aliphatic carbocycles. The first-order valence-electron chi connectivity index (χ1n) is 4.52. The van der Waals surface area contributed by atoms with Gasteiger partial charge in [-0.1, -0.05) is 0 Å². The van der Waals surface area contributed by atoms with Crippen LogP contribution in [0.2, 0.25) is 0 Å². The van der Waals surface area contributed by atoms with E-state index >= 15 is 0 Å². The van der Waals surface area contributed by atoms with Gasteiger partial charge in [0.05, 0.1) is 0 Å². The molecule has 0 amide bonds. The molecule has 0 aliphatic heterocycles. The molecule has 0 aromatic heterocycles. The highest BCUT2D eigenvalue weighted by Crippen LogP contribution is 2.23. The van der Waals surface area contributed by atoms with Gasteiger partial charge in [-0.3, -0.25) is 0 Å². The smallest absolute Gasteiger partial charge is 0.170 e. The Kier molecular flexibility index (Phi) is 3.83. The number of benzene rings is 1. The van der Waals surface area contributed by atoms with Crippen LogP contribution in [0.25, 0.3) is 0 Å². The molecular formula is C10H13F2NO. The van der Waals surface area contributed by atoms with Gasteiger partial charge in [0.1, 0.15) is 5.82 Å². The van der Waals surface area contributed by atoms with Crippen LogP contribution in [-0.2, 0) is 6.42 Å². The molecule has 1 rings (SSSR count). The van der Waals surface area contributed by atoms with Crippen LogP contribution in [0.5, 0.6) is 5.75 Å². The van der Waals surface area contributed by atoms with Gasteiger partial charge in [0.2, 0.25) is 0 Å². The molecule has 78 valence electrons. The summed E-state index contributed by atoms with van der Waals surface area (Å²) < 4.78 is 26.2. The molecule has 3 N–H and O–H groups in total. The van der Waals surface area contributed by atoms with E-state index in [-0.39, 0.29) is 12.0 Å². The molecule has 0 saturated carbocycles. The Hall–Kier alpha value is -1.16. The largest absolute Gasteiger partial charge is 0.505 e. The molecule has 4 heteroatoms. The van der Waals surface area contributed by atoms with Crippen molar-refractivity contribution in [1.82, 2.24) is 0 Å². The van der Waals surface area contributed by atoms with Gasteiger partial charge in [-0.15, -0.1) is 0 Å². The standard InChI is InChI=1S/C10H13F2NO/c11-8-4-5-9(14)10(12)7(8)3-1-2-6-13/h4-5,14H,1-3,6,13H2. The summed E-state index contributed by atoms with van der Waals surface area (Å²) >= 11 is 0. The fourth-order valence-electron chi connectivity index (χ4n) is 1.26. The van der Waals surface area contributed by atoms with Gasteiger partial charge >= 0.3 is 0 Å². The van der Waals surface area contributed by atoms with E-state index in [0.717, 1.165) is 12.1 Å². The molecule has 0 fully saturated rings. The summed E-state index contributed by atoms with van der Waals surface area (Å²) in [5, 5.41) is 9.01. The zero-order valence-corrected chi connectivity index (χ0v) is 7.76. The van der Waals surface area contributed by atoms with Crippen molar-refractivity contribution in [2.45, 2.75) is 19.3 Å². The maximum Gasteiger partial charge on any atom is 0.170 e. The quantitative estimate of drug-likeness (QED) is 0.731. The molecule has 0 aliphatic rings. The highest BCUT2D eigenvalue weighted by molar-refractivity contribution is 5.31. The number of aromatic hydroxyl groups is 1. The maximum absolute atomic E-state index is 13.2. The number of hydrogen-bond acceptors (Lipinski definition) is 2. The molecule has 1 aromatic carbocycles. The Balaban J connectivity index is 2.79. The van der Waals surface area contributed by atoms with Crippen LogP contribution >= 0.6 is 0 Å². The Morgan fingerprint density at radius 3 is 2.57 bits per heavy atom. The fourth-order valence-corrected chi connectivity index (χ4v) is 1.26. The second-order valence-corrected chi connectivity index (χ2v) is 3.10. The number of nitrogens with two attached hydrogens (primary N) is 1. The molecular weight excluding hydrogens is 188 g/mol. The molecule has 1 aromatic rings.